The molecule has 4 nitrogen and oxygen atoms in total. The molecule has 2 aliphatic rings. The number of carbonyl (C=O) groups is 2. The summed E-state index contributed by atoms with van der Waals surface area (Å²) in [6.07, 6.45) is 5.50. The number of hydrogen-bond donors (Lipinski definition) is 1. The summed E-state index contributed by atoms with van der Waals surface area (Å²) in [4.78, 5) is 24.4. The van der Waals surface area contributed by atoms with Gasteiger partial charge in [-0.3, -0.25) is 9.59 Å². The van der Waals surface area contributed by atoms with Gasteiger partial charge in [0.25, 0.3) is 0 Å². The maximum absolute atomic E-state index is 12.4. The van der Waals surface area contributed by atoms with Crippen molar-refractivity contribution in [2.75, 3.05) is 6.61 Å². The molecule has 21 heavy (non-hydrogen) atoms. The second-order valence-electron chi connectivity index (χ2n) is 5.62. The summed E-state index contributed by atoms with van der Waals surface area (Å²) in [6, 6.07) is 9.77. The number of fused-ring (bicyclic) bond motifs is 1. The Morgan fingerprint density at radius 1 is 1.29 bits per heavy atom. The molecule has 0 saturated carbocycles. The molecule has 0 radical (unpaired) electrons. The van der Waals surface area contributed by atoms with Crippen molar-refractivity contribution in [1.29, 1.82) is 0 Å². The molecular formula is C17H19NO3. The van der Waals surface area contributed by atoms with Crippen molar-refractivity contribution in [2.24, 2.45) is 17.8 Å². The third-order valence-electron chi connectivity index (χ3n) is 4.28. The molecule has 110 valence electrons. The molecule has 1 saturated heterocycles. The van der Waals surface area contributed by atoms with Crippen LogP contribution in [0.15, 0.2) is 42.5 Å². The molecule has 1 aromatic rings. The van der Waals surface area contributed by atoms with Crippen LogP contribution >= 0.6 is 0 Å². The zero-order chi connectivity index (χ0) is 14.7. The van der Waals surface area contributed by atoms with Gasteiger partial charge in [0.05, 0.1) is 18.4 Å². The molecule has 0 aromatic heterocycles. The number of ether oxygens (including phenoxy) is 1. The molecule has 1 aliphatic heterocycles. The molecule has 1 aliphatic carbocycles. The third kappa shape index (κ3) is 2.99. The van der Waals surface area contributed by atoms with Crippen molar-refractivity contribution in [3.8, 4) is 0 Å². The Morgan fingerprint density at radius 2 is 2.10 bits per heavy atom. The predicted molar refractivity (Wildman–Crippen MR) is 78.1 cm³/mol. The molecule has 3 atom stereocenters. The predicted octanol–water partition coefficient (Wildman–Crippen LogP) is 2.06. The number of esters is 1. The first-order valence-corrected chi connectivity index (χ1v) is 7.40. The number of hydrogen-bond acceptors (Lipinski definition) is 3. The van der Waals surface area contributed by atoms with E-state index in [9.17, 15) is 9.59 Å². The summed E-state index contributed by atoms with van der Waals surface area (Å²) in [7, 11) is 0. The fourth-order valence-electron chi connectivity index (χ4n) is 3.16. The highest BCUT2D eigenvalue weighted by molar-refractivity contribution is 5.86. The molecular weight excluding hydrogens is 266 g/mol. The Labute approximate surface area is 124 Å². The van der Waals surface area contributed by atoms with Crippen LogP contribution in [0.1, 0.15) is 18.4 Å². The number of amides is 1. The molecule has 0 bridgehead atoms. The maximum Gasteiger partial charge on any atom is 0.310 e. The molecule has 4 heteroatoms. The van der Waals surface area contributed by atoms with Crippen LogP contribution in [0.2, 0.25) is 0 Å². The Kier molecular flexibility index (Phi) is 4.04. The minimum atomic E-state index is -0.320. The van der Waals surface area contributed by atoms with Crippen molar-refractivity contribution in [3.63, 3.8) is 0 Å². The number of benzene rings is 1. The smallest absolute Gasteiger partial charge is 0.310 e. The first kappa shape index (κ1) is 13.9. The lowest BCUT2D eigenvalue weighted by Gasteiger charge is -2.35. The van der Waals surface area contributed by atoms with Gasteiger partial charge in [0.2, 0.25) is 5.91 Å². The molecule has 1 heterocycles. The number of carbonyl (C=O) groups excluding carboxylic acids is 2. The van der Waals surface area contributed by atoms with Crippen LogP contribution in [0.4, 0.5) is 0 Å². The van der Waals surface area contributed by atoms with Crippen molar-refractivity contribution in [1.82, 2.24) is 5.32 Å². The number of nitrogens with one attached hydrogen (secondary N) is 1. The van der Waals surface area contributed by atoms with E-state index >= 15 is 0 Å². The van der Waals surface area contributed by atoms with Crippen LogP contribution in [-0.4, -0.2) is 18.5 Å². The second kappa shape index (κ2) is 6.12. The van der Waals surface area contributed by atoms with Crippen molar-refractivity contribution < 1.29 is 14.3 Å². The minimum absolute atomic E-state index is 0.0583. The maximum atomic E-state index is 12.4. The second-order valence-corrected chi connectivity index (χ2v) is 5.62. The average molecular weight is 285 g/mol. The van der Waals surface area contributed by atoms with E-state index in [0.717, 1.165) is 12.0 Å². The van der Waals surface area contributed by atoms with Gasteiger partial charge in [0.1, 0.15) is 0 Å². The van der Waals surface area contributed by atoms with Crippen LogP contribution in [0.5, 0.6) is 0 Å². The minimum Gasteiger partial charge on any atom is -0.465 e. The molecule has 1 fully saturated rings. The van der Waals surface area contributed by atoms with E-state index in [2.05, 4.69) is 11.4 Å². The molecule has 1 N–H and O–H groups in total. The highest BCUT2D eigenvalue weighted by atomic mass is 16.5. The van der Waals surface area contributed by atoms with Crippen molar-refractivity contribution in [3.05, 3.63) is 48.0 Å². The Balaban J connectivity index is 1.66. The average Bonchev–Trinajstić information content (AvgIpc) is 2.53. The lowest BCUT2D eigenvalue weighted by Crippen LogP contribution is -2.45. The monoisotopic (exact) mass is 285 g/mol. The summed E-state index contributed by atoms with van der Waals surface area (Å²) in [5.41, 5.74) is 1.06. The van der Waals surface area contributed by atoms with Crippen LogP contribution in [0.3, 0.4) is 0 Å². The van der Waals surface area contributed by atoms with Gasteiger partial charge in [-0.1, -0.05) is 42.5 Å². The molecule has 1 aromatic carbocycles. The molecule has 3 rings (SSSR count). The van der Waals surface area contributed by atoms with E-state index in [1.807, 2.05) is 36.4 Å². The number of allylic oxidation sites excluding steroid dienone is 2. The van der Waals surface area contributed by atoms with Gasteiger partial charge in [-0.05, 0) is 24.3 Å². The van der Waals surface area contributed by atoms with E-state index in [-0.39, 0.29) is 29.6 Å². The zero-order valence-corrected chi connectivity index (χ0v) is 11.8. The van der Waals surface area contributed by atoms with E-state index in [1.54, 1.807) is 0 Å². The van der Waals surface area contributed by atoms with Crippen LogP contribution in [0, 0.1) is 17.8 Å². The first-order valence-electron chi connectivity index (χ1n) is 7.40. The summed E-state index contributed by atoms with van der Waals surface area (Å²) in [5, 5.41) is 2.94. The Hall–Kier alpha value is -2.10. The standard InChI is InChI=1S/C17H19NO3/c19-16(18-11-12-5-2-1-3-6-12)14-8-4-7-13-9-10-21-17(20)15(13)14/h1-7,13-15H,8-11H2,(H,18,19)/t13-,14?,15+/m1/s1. The highest BCUT2D eigenvalue weighted by Gasteiger charge is 2.42. The zero-order valence-electron chi connectivity index (χ0n) is 11.8. The van der Waals surface area contributed by atoms with Gasteiger partial charge in [-0.15, -0.1) is 0 Å². The van der Waals surface area contributed by atoms with E-state index in [0.29, 0.717) is 19.6 Å². The third-order valence-corrected chi connectivity index (χ3v) is 4.28. The molecule has 1 unspecified atom stereocenters. The fraction of sp³-hybridized carbons (Fsp3) is 0.412. The summed E-state index contributed by atoms with van der Waals surface area (Å²) in [6.45, 7) is 0.953. The quantitative estimate of drug-likeness (QED) is 0.683. The van der Waals surface area contributed by atoms with Gasteiger partial charge >= 0.3 is 5.97 Å². The van der Waals surface area contributed by atoms with Crippen LogP contribution in [0.25, 0.3) is 0 Å². The molecule has 0 spiro atoms. The lowest BCUT2D eigenvalue weighted by atomic mass is 9.73. The normalized spacial score (nSPS) is 27.6. The number of rotatable bonds is 3. The first-order chi connectivity index (χ1) is 10.3. The Morgan fingerprint density at radius 3 is 2.90 bits per heavy atom. The van der Waals surface area contributed by atoms with E-state index in [1.165, 1.54) is 0 Å². The van der Waals surface area contributed by atoms with Gasteiger partial charge in [0, 0.05) is 6.54 Å². The summed E-state index contributed by atoms with van der Waals surface area (Å²) >= 11 is 0. The highest BCUT2D eigenvalue weighted by Crippen LogP contribution is 2.36. The van der Waals surface area contributed by atoms with Gasteiger partial charge in [-0.25, -0.2) is 0 Å². The number of cyclic esters (lactones) is 1. The van der Waals surface area contributed by atoms with Crippen LogP contribution in [-0.2, 0) is 20.9 Å². The Bertz CT molecular complexity index is 552. The largest absolute Gasteiger partial charge is 0.465 e. The van der Waals surface area contributed by atoms with Crippen molar-refractivity contribution >= 4 is 11.9 Å². The van der Waals surface area contributed by atoms with Gasteiger partial charge < -0.3 is 10.1 Å². The molecule has 1 amide bonds. The summed E-state index contributed by atoms with van der Waals surface area (Å²) in [5.74, 6) is -0.768. The topological polar surface area (TPSA) is 55.4 Å². The van der Waals surface area contributed by atoms with E-state index < -0.39 is 0 Å². The van der Waals surface area contributed by atoms with Gasteiger partial charge in [-0.2, -0.15) is 0 Å². The van der Waals surface area contributed by atoms with E-state index in [4.69, 9.17) is 4.74 Å². The van der Waals surface area contributed by atoms with Crippen LogP contribution < -0.4 is 5.32 Å². The van der Waals surface area contributed by atoms with Crippen molar-refractivity contribution in [2.45, 2.75) is 19.4 Å². The lowest BCUT2D eigenvalue weighted by molar-refractivity contribution is -0.161. The van der Waals surface area contributed by atoms with Gasteiger partial charge in [0.15, 0.2) is 0 Å². The SMILES string of the molecule is O=C(NCc1ccccc1)C1CC=C[C@@H]2CCOC(=O)[C@H]12. The fourth-order valence-corrected chi connectivity index (χ4v) is 3.16. The summed E-state index contributed by atoms with van der Waals surface area (Å²) < 4.78 is 5.14.